The Hall–Kier alpha value is -0.790. The number of phenolic OH excluding ortho intramolecular Hbond substituents is 2. The number of fused-ring (bicyclic) bond motifs is 1. The molecule has 5 nitrogen and oxygen atoms in total. The normalized spacial score (nSPS) is 11.1. The van der Waals surface area contributed by atoms with E-state index in [4.69, 9.17) is 4.55 Å². The zero-order valence-electron chi connectivity index (χ0n) is 7.95. The summed E-state index contributed by atoms with van der Waals surface area (Å²) in [5.74, 6) is -0.788. The van der Waals surface area contributed by atoms with Crippen molar-refractivity contribution in [3.63, 3.8) is 0 Å². The van der Waals surface area contributed by atoms with Crippen LogP contribution >= 0.6 is 0 Å². The number of hydrogen-bond donors (Lipinski definition) is 3. The van der Waals surface area contributed by atoms with Crippen molar-refractivity contribution >= 4 is 50.4 Å². The summed E-state index contributed by atoms with van der Waals surface area (Å²) in [6, 6.07) is 6.52. The fourth-order valence-electron chi connectivity index (χ4n) is 1.50. The SMILES string of the molecule is O=S(=O)(O)c1cccc2cc(O)c(O)cc12.[NaH]. The van der Waals surface area contributed by atoms with Crippen LogP contribution in [0.2, 0.25) is 0 Å². The van der Waals surface area contributed by atoms with Crippen LogP contribution in [0.4, 0.5) is 0 Å². The van der Waals surface area contributed by atoms with E-state index in [1.165, 1.54) is 18.2 Å². The number of rotatable bonds is 1. The van der Waals surface area contributed by atoms with Gasteiger partial charge in [0.05, 0.1) is 0 Å². The molecule has 0 unspecified atom stereocenters. The van der Waals surface area contributed by atoms with Gasteiger partial charge in [-0.05, 0) is 23.6 Å². The molecule has 2 aromatic rings. The summed E-state index contributed by atoms with van der Waals surface area (Å²) < 4.78 is 31.1. The Morgan fingerprint density at radius 3 is 2.18 bits per heavy atom. The quantitative estimate of drug-likeness (QED) is 0.403. The molecule has 7 heteroatoms. The minimum absolute atomic E-state index is 0. The molecule has 0 aliphatic carbocycles. The minimum atomic E-state index is -4.35. The molecule has 0 atom stereocenters. The van der Waals surface area contributed by atoms with Crippen molar-refractivity contribution in [2.75, 3.05) is 0 Å². The van der Waals surface area contributed by atoms with Gasteiger partial charge >= 0.3 is 29.6 Å². The Labute approximate surface area is 120 Å². The van der Waals surface area contributed by atoms with Gasteiger partial charge in [-0.15, -0.1) is 0 Å². The Balaban J connectivity index is 0.00000144. The summed E-state index contributed by atoms with van der Waals surface area (Å²) in [7, 11) is -4.35. The summed E-state index contributed by atoms with van der Waals surface area (Å²) >= 11 is 0. The van der Waals surface area contributed by atoms with Gasteiger partial charge in [-0.1, -0.05) is 12.1 Å². The summed E-state index contributed by atoms with van der Waals surface area (Å²) in [6.07, 6.45) is 0. The zero-order valence-corrected chi connectivity index (χ0v) is 8.77. The first kappa shape index (κ1) is 14.3. The van der Waals surface area contributed by atoms with Crippen LogP contribution in [0.1, 0.15) is 0 Å². The molecule has 0 amide bonds. The molecule has 0 bridgehead atoms. The molecule has 0 aliphatic heterocycles. The summed E-state index contributed by atoms with van der Waals surface area (Å²) in [4.78, 5) is -0.305. The number of phenols is 2. The van der Waals surface area contributed by atoms with Crippen LogP contribution in [-0.4, -0.2) is 52.7 Å². The van der Waals surface area contributed by atoms with Gasteiger partial charge in [-0.2, -0.15) is 8.42 Å². The van der Waals surface area contributed by atoms with Crippen LogP contribution in [0.15, 0.2) is 35.2 Å². The fourth-order valence-corrected chi connectivity index (χ4v) is 2.20. The van der Waals surface area contributed by atoms with Gasteiger partial charge in [-0.3, -0.25) is 4.55 Å². The first-order chi connectivity index (χ1) is 7.39. The van der Waals surface area contributed by atoms with Gasteiger partial charge in [0.15, 0.2) is 11.5 Å². The van der Waals surface area contributed by atoms with Crippen molar-refractivity contribution < 1.29 is 23.2 Å². The van der Waals surface area contributed by atoms with E-state index in [2.05, 4.69) is 0 Å². The molecule has 17 heavy (non-hydrogen) atoms. The number of aromatic hydroxyl groups is 2. The van der Waals surface area contributed by atoms with Gasteiger partial charge in [-0.25, -0.2) is 0 Å². The average molecular weight is 264 g/mol. The zero-order chi connectivity index (χ0) is 11.9. The van der Waals surface area contributed by atoms with Crippen molar-refractivity contribution in [3.8, 4) is 11.5 Å². The van der Waals surface area contributed by atoms with Gasteiger partial charge in [0.1, 0.15) is 4.90 Å². The first-order valence-corrected chi connectivity index (χ1v) is 5.76. The molecule has 86 valence electrons. The van der Waals surface area contributed by atoms with Crippen molar-refractivity contribution in [2.45, 2.75) is 4.90 Å². The van der Waals surface area contributed by atoms with E-state index < -0.39 is 15.9 Å². The number of hydrogen-bond acceptors (Lipinski definition) is 4. The van der Waals surface area contributed by atoms with Gasteiger partial charge < -0.3 is 10.2 Å². The summed E-state index contributed by atoms with van der Waals surface area (Å²) in [5, 5.41) is 19.1. The van der Waals surface area contributed by atoms with Crippen molar-refractivity contribution in [3.05, 3.63) is 30.3 Å². The van der Waals surface area contributed by atoms with Gasteiger partial charge in [0.2, 0.25) is 0 Å². The van der Waals surface area contributed by atoms with E-state index in [0.29, 0.717) is 5.39 Å². The van der Waals surface area contributed by atoms with Gasteiger partial charge in [0.25, 0.3) is 10.1 Å². The molecule has 2 aromatic carbocycles. The van der Waals surface area contributed by atoms with Crippen LogP contribution < -0.4 is 0 Å². The maximum absolute atomic E-state index is 11.1. The van der Waals surface area contributed by atoms with E-state index in [-0.39, 0.29) is 45.6 Å². The van der Waals surface area contributed by atoms with Crippen molar-refractivity contribution in [1.29, 1.82) is 0 Å². The molecule has 0 heterocycles. The average Bonchev–Trinajstić information content (AvgIpc) is 2.17. The molecule has 0 saturated heterocycles. The molecule has 0 saturated carbocycles. The van der Waals surface area contributed by atoms with Crippen LogP contribution in [-0.2, 0) is 10.1 Å². The predicted octanol–water partition coefficient (Wildman–Crippen LogP) is 0.849. The standard InChI is InChI=1S/C10H8O5S.Na.H/c11-8-4-6-2-1-3-10(16(13,14)15)7(6)5-9(8)12;;/h1-5,11-12H,(H,13,14,15);;. The molecule has 2 rings (SSSR count). The Kier molecular flexibility index (Phi) is 4.06. The Morgan fingerprint density at radius 1 is 1.00 bits per heavy atom. The summed E-state index contributed by atoms with van der Waals surface area (Å²) in [5.41, 5.74) is 0. The van der Waals surface area contributed by atoms with Crippen LogP contribution in [0.3, 0.4) is 0 Å². The number of benzene rings is 2. The fraction of sp³-hybridized carbons (Fsp3) is 0. The molecule has 0 spiro atoms. The molecule has 3 N–H and O–H groups in total. The molecule has 0 radical (unpaired) electrons. The third-order valence-corrected chi connectivity index (χ3v) is 3.13. The van der Waals surface area contributed by atoms with Crippen LogP contribution in [0, 0.1) is 0 Å². The van der Waals surface area contributed by atoms with E-state index >= 15 is 0 Å². The second-order valence-corrected chi connectivity index (χ2v) is 4.68. The maximum atomic E-state index is 11.1. The molecular weight excluding hydrogens is 255 g/mol. The van der Waals surface area contributed by atoms with Gasteiger partial charge in [0, 0.05) is 5.39 Å². The van der Waals surface area contributed by atoms with Crippen molar-refractivity contribution in [2.24, 2.45) is 0 Å². The third-order valence-electron chi connectivity index (χ3n) is 2.21. The Bertz CT molecular complexity index is 666. The monoisotopic (exact) mass is 264 g/mol. The molecular formula is C10H9NaO5S. The molecule has 0 fully saturated rings. The topological polar surface area (TPSA) is 94.8 Å². The third kappa shape index (κ3) is 2.72. The second-order valence-electron chi connectivity index (χ2n) is 3.29. The first-order valence-electron chi connectivity index (χ1n) is 4.32. The van der Waals surface area contributed by atoms with E-state index in [1.807, 2.05) is 0 Å². The van der Waals surface area contributed by atoms with Crippen LogP contribution in [0.25, 0.3) is 10.8 Å². The molecule has 0 aliphatic rings. The second kappa shape index (κ2) is 4.83. The van der Waals surface area contributed by atoms with E-state index in [9.17, 15) is 18.6 Å². The van der Waals surface area contributed by atoms with E-state index in [1.54, 1.807) is 6.07 Å². The van der Waals surface area contributed by atoms with Crippen LogP contribution in [0.5, 0.6) is 11.5 Å². The van der Waals surface area contributed by atoms with Crippen molar-refractivity contribution in [1.82, 2.24) is 0 Å². The Morgan fingerprint density at radius 2 is 1.59 bits per heavy atom. The van der Waals surface area contributed by atoms with E-state index in [0.717, 1.165) is 6.07 Å². The summed E-state index contributed by atoms with van der Waals surface area (Å²) in [6.45, 7) is 0. The molecule has 0 aromatic heterocycles. The predicted molar refractivity (Wildman–Crippen MR) is 64.2 cm³/mol.